The van der Waals surface area contributed by atoms with Gasteiger partial charge in [0.25, 0.3) is 5.91 Å². The van der Waals surface area contributed by atoms with Crippen LogP contribution in [0.25, 0.3) is 0 Å². The first-order chi connectivity index (χ1) is 12.1. The van der Waals surface area contributed by atoms with Gasteiger partial charge in [0, 0.05) is 17.6 Å². The molecular formula is C18H25BrN2O3S. The Bertz CT molecular complexity index is 592. The topological polar surface area (TPSA) is 50.8 Å². The second-order valence-electron chi connectivity index (χ2n) is 5.91. The fraction of sp³-hybridized carbons (Fsp3) is 0.556. The standard InChI is InChI=1S/C18H25BrN2O3S/c1-2-3-4-5-10-24-16-7-6-14(19)13-15(16)17(22)20-18(25)21-8-11-23-12-9-21/h6-7,13H,2-5,8-12H2,1H3,(H,20,22,25). The number of rotatable bonds is 7. The van der Waals surface area contributed by atoms with Crippen LogP contribution in [0.5, 0.6) is 5.75 Å². The molecule has 7 heteroatoms. The highest BCUT2D eigenvalue weighted by molar-refractivity contribution is 9.10. The molecule has 1 N–H and O–H groups in total. The quantitative estimate of drug-likeness (QED) is 0.529. The summed E-state index contributed by atoms with van der Waals surface area (Å²) >= 11 is 8.76. The van der Waals surface area contributed by atoms with Crippen molar-refractivity contribution in [3.05, 3.63) is 28.2 Å². The Morgan fingerprint density at radius 1 is 1.32 bits per heavy atom. The van der Waals surface area contributed by atoms with Crippen LogP contribution in [0, 0.1) is 0 Å². The summed E-state index contributed by atoms with van der Waals surface area (Å²) in [4.78, 5) is 14.6. The summed E-state index contributed by atoms with van der Waals surface area (Å²) in [6.45, 7) is 5.42. The van der Waals surface area contributed by atoms with E-state index in [1.54, 1.807) is 6.07 Å². The summed E-state index contributed by atoms with van der Waals surface area (Å²) in [5, 5.41) is 3.24. The molecule has 1 aliphatic heterocycles. The van der Waals surface area contributed by atoms with Crippen molar-refractivity contribution in [3.8, 4) is 5.75 Å². The number of ether oxygens (including phenoxy) is 2. The normalized spacial score (nSPS) is 14.2. The van der Waals surface area contributed by atoms with Gasteiger partial charge in [-0.25, -0.2) is 0 Å². The van der Waals surface area contributed by atoms with Crippen LogP contribution >= 0.6 is 28.1 Å². The van der Waals surface area contributed by atoms with Crippen molar-refractivity contribution in [1.82, 2.24) is 10.2 Å². The van der Waals surface area contributed by atoms with E-state index in [0.29, 0.717) is 49.3 Å². The van der Waals surface area contributed by atoms with Crippen LogP contribution in [0.15, 0.2) is 22.7 Å². The van der Waals surface area contributed by atoms with E-state index in [1.807, 2.05) is 17.0 Å². The van der Waals surface area contributed by atoms with E-state index in [-0.39, 0.29) is 5.91 Å². The molecule has 1 heterocycles. The number of carbonyl (C=O) groups is 1. The first-order valence-corrected chi connectivity index (χ1v) is 9.92. The van der Waals surface area contributed by atoms with E-state index in [2.05, 4.69) is 28.2 Å². The van der Waals surface area contributed by atoms with Gasteiger partial charge in [-0.05, 0) is 36.8 Å². The minimum atomic E-state index is -0.249. The second kappa shape index (κ2) is 10.7. The lowest BCUT2D eigenvalue weighted by molar-refractivity contribution is 0.0669. The predicted octanol–water partition coefficient (Wildman–Crippen LogP) is 3.76. The molecule has 1 amide bonds. The highest BCUT2D eigenvalue weighted by Crippen LogP contribution is 2.23. The van der Waals surface area contributed by atoms with Gasteiger partial charge < -0.3 is 14.4 Å². The number of unbranched alkanes of at least 4 members (excludes halogenated alkanes) is 3. The van der Waals surface area contributed by atoms with E-state index in [0.717, 1.165) is 17.3 Å². The van der Waals surface area contributed by atoms with E-state index >= 15 is 0 Å². The largest absolute Gasteiger partial charge is 0.493 e. The third kappa shape index (κ3) is 6.56. The van der Waals surface area contributed by atoms with Crippen LogP contribution in [-0.2, 0) is 4.74 Å². The van der Waals surface area contributed by atoms with Gasteiger partial charge in [-0.2, -0.15) is 0 Å². The van der Waals surface area contributed by atoms with E-state index in [4.69, 9.17) is 21.7 Å². The van der Waals surface area contributed by atoms with Crippen molar-refractivity contribution in [3.63, 3.8) is 0 Å². The fourth-order valence-electron chi connectivity index (χ4n) is 2.53. The van der Waals surface area contributed by atoms with Crippen molar-refractivity contribution in [1.29, 1.82) is 0 Å². The summed E-state index contributed by atoms with van der Waals surface area (Å²) in [7, 11) is 0. The minimum Gasteiger partial charge on any atom is -0.493 e. The molecule has 25 heavy (non-hydrogen) atoms. The van der Waals surface area contributed by atoms with Gasteiger partial charge in [0.05, 0.1) is 25.4 Å². The monoisotopic (exact) mass is 428 g/mol. The maximum Gasteiger partial charge on any atom is 0.261 e. The van der Waals surface area contributed by atoms with E-state index < -0.39 is 0 Å². The number of hydrogen-bond donors (Lipinski definition) is 1. The number of nitrogens with zero attached hydrogens (tertiary/aromatic N) is 1. The predicted molar refractivity (Wildman–Crippen MR) is 106 cm³/mol. The smallest absolute Gasteiger partial charge is 0.261 e. The molecule has 0 unspecified atom stereocenters. The first-order valence-electron chi connectivity index (χ1n) is 8.72. The van der Waals surface area contributed by atoms with Crippen molar-refractivity contribution in [2.75, 3.05) is 32.9 Å². The molecule has 1 aromatic carbocycles. The maximum absolute atomic E-state index is 12.6. The van der Waals surface area contributed by atoms with Crippen molar-refractivity contribution in [2.45, 2.75) is 32.6 Å². The summed E-state index contributed by atoms with van der Waals surface area (Å²) < 4.78 is 12.0. The Labute approximate surface area is 163 Å². The third-order valence-corrected chi connectivity index (χ3v) is 4.81. The number of amides is 1. The van der Waals surface area contributed by atoms with Crippen molar-refractivity contribution >= 4 is 39.2 Å². The van der Waals surface area contributed by atoms with Crippen LogP contribution < -0.4 is 10.1 Å². The number of thiocarbonyl (C=S) groups is 1. The van der Waals surface area contributed by atoms with E-state index in [9.17, 15) is 4.79 Å². The summed E-state index contributed by atoms with van der Waals surface area (Å²) in [6.07, 6.45) is 4.50. The molecule has 0 radical (unpaired) electrons. The van der Waals surface area contributed by atoms with Crippen LogP contribution in [0.3, 0.4) is 0 Å². The van der Waals surface area contributed by atoms with Crippen LogP contribution in [0.4, 0.5) is 0 Å². The van der Waals surface area contributed by atoms with Crippen molar-refractivity contribution < 1.29 is 14.3 Å². The van der Waals surface area contributed by atoms with Gasteiger partial charge in [0.2, 0.25) is 0 Å². The average Bonchev–Trinajstić information content (AvgIpc) is 2.63. The summed E-state index contributed by atoms with van der Waals surface area (Å²) in [5.74, 6) is 0.336. The van der Waals surface area contributed by atoms with Gasteiger partial charge >= 0.3 is 0 Å². The molecule has 2 rings (SSSR count). The highest BCUT2D eigenvalue weighted by Gasteiger charge is 2.19. The number of morpholine rings is 1. The highest BCUT2D eigenvalue weighted by atomic mass is 79.9. The molecule has 1 aromatic rings. The number of hydrogen-bond acceptors (Lipinski definition) is 4. The number of nitrogens with one attached hydrogen (secondary N) is 1. The molecule has 5 nitrogen and oxygen atoms in total. The Morgan fingerprint density at radius 2 is 2.08 bits per heavy atom. The Balaban J connectivity index is 1.96. The Kier molecular flexibility index (Phi) is 8.64. The zero-order chi connectivity index (χ0) is 18.1. The zero-order valence-electron chi connectivity index (χ0n) is 14.6. The van der Waals surface area contributed by atoms with Gasteiger partial charge in [-0.15, -0.1) is 0 Å². The molecule has 0 aliphatic carbocycles. The molecule has 0 bridgehead atoms. The molecule has 1 aliphatic rings. The molecule has 0 saturated carbocycles. The summed E-state index contributed by atoms with van der Waals surface area (Å²) in [6, 6.07) is 5.45. The van der Waals surface area contributed by atoms with Crippen LogP contribution in [0.2, 0.25) is 0 Å². The number of halogens is 1. The molecule has 138 valence electrons. The third-order valence-electron chi connectivity index (χ3n) is 3.96. The van der Waals surface area contributed by atoms with E-state index in [1.165, 1.54) is 12.8 Å². The molecule has 0 atom stereocenters. The molecule has 1 saturated heterocycles. The van der Waals surface area contributed by atoms with Crippen LogP contribution in [-0.4, -0.2) is 48.8 Å². The number of benzene rings is 1. The van der Waals surface area contributed by atoms with Crippen LogP contribution in [0.1, 0.15) is 43.0 Å². The lowest BCUT2D eigenvalue weighted by Crippen LogP contribution is -2.47. The Morgan fingerprint density at radius 3 is 2.80 bits per heavy atom. The zero-order valence-corrected chi connectivity index (χ0v) is 17.0. The van der Waals surface area contributed by atoms with Gasteiger partial charge in [0.1, 0.15) is 5.75 Å². The molecule has 0 spiro atoms. The van der Waals surface area contributed by atoms with Crippen molar-refractivity contribution in [2.24, 2.45) is 0 Å². The second-order valence-corrected chi connectivity index (χ2v) is 7.21. The minimum absolute atomic E-state index is 0.249. The average molecular weight is 429 g/mol. The lowest BCUT2D eigenvalue weighted by Gasteiger charge is -2.29. The SMILES string of the molecule is CCCCCCOc1ccc(Br)cc1C(=O)NC(=S)N1CCOCC1. The lowest BCUT2D eigenvalue weighted by atomic mass is 10.2. The number of carbonyl (C=O) groups excluding carboxylic acids is 1. The first kappa shape index (κ1) is 20.1. The van der Waals surface area contributed by atoms with Gasteiger partial charge in [-0.1, -0.05) is 42.1 Å². The van der Waals surface area contributed by atoms with Gasteiger partial charge in [-0.3, -0.25) is 10.1 Å². The fourth-order valence-corrected chi connectivity index (χ4v) is 3.16. The maximum atomic E-state index is 12.6. The van der Waals surface area contributed by atoms with Gasteiger partial charge in [0.15, 0.2) is 5.11 Å². The molecule has 0 aromatic heterocycles. The Hall–Kier alpha value is -1.18. The molecule has 1 fully saturated rings. The molecular weight excluding hydrogens is 404 g/mol. The summed E-state index contributed by atoms with van der Waals surface area (Å²) in [5.41, 5.74) is 0.487.